The predicted molar refractivity (Wildman–Crippen MR) is 250 cm³/mol. The van der Waals surface area contributed by atoms with Crippen molar-refractivity contribution in [1.29, 1.82) is 0 Å². The molecule has 1 saturated carbocycles. The lowest BCUT2D eigenvalue weighted by Gasteiger charge is -2.39. The largest absolute Gasteiger partial charge is 0.483 e. The first-order chi connectivity index (χ1) is 32.9. The molecule has 0 spiro atoms. The molecule has 3 saturated heterocycles. The number of pyridine rings is 1. The van der Waals surface area contributed by atoms with Crippen molar-refractivity contribution in [2.75, 3.05) is 63.9 Å². The Hall–Kier alpha value is -6.82. The molecule has 5 aromatic rings. The summed E-state index contributed by atoms with van der Waals surface area (Å²) >= 11 is 0. The minimum atomic E-state index is -1.24. The first-order valence-electron chi connectivity index (χ1n) is 23.5. The van der Waals surface area contributed by atoms with Crippen LogP contribution in [0.4, 0.5) is 5.95 Å². The summed E-state index contributed by atoms with van der Waals surface area (Å²) in [6, 6.07) is 21.2. The third-order valence-electron chi connectivity index (χ3n) is 14.0. The Bertz CT molecular complexity index is 2860. The van der Waals surface area contributed by atoms with Crippen LogP contribution < -0.4 is 20.5 Å². The van der Waals surface area contributed by atoms with E-state index in [1.807, 2.05) is 67.7 Å². The number of imide groups is 2. The number of nitrogens with zero attached hydrogens (tertiary/aromatic N) is 7. The number of aliphatic hydroxyl groups excluding tert-OH is 1. The Labute approximate surface area is 392 Å². The van der Waals surface area contributed by atoms with Crippen molar-refractivity contribution >= 4 is 46.4 Å². The number of fused-ring (bicyclic) bond motifs is 2. The van der Waals surface area contributed by atoms with E-state index in [0.29, 0.717) is 49.3 Å². The molecule has 4 fully saturated rings. The van der Waals surface area contributed by atoms with Gasteiger partial charge in [0.25, 0.3) is 23.3 Å². The number of carbonyl (C=O) groups is 5. The average molecular weight is 923 g/mol. The maximum absolute atomic E-state index is 13.5. The molecule has 5 aliphatic rings. The molecule has 0 bridgehead atoms. The van der Waals surface area contributed by atoms with Crippen LogP contribution in [-0.4, -0.2) is 135 Å². The van der Waals surface area contributed by atoms with Gasteiger partial charge in [0.15, 0.2) is 12.2 Å². The first-order valence-corrected chi connectivity index (χ1v) is 23.5. The molecule has 6 heterocycles. The average Bonchev–Trinajstić information content (AvgIpc) is 4.14. The molecule has 1 unspecified atom stereocenters. The highest BCUT2D eigenvalue weighted by Gasteiger charge is 2.47. The van der Waals surface area contributed by atoms with Crippen molar-refractivity contribution in [3.63, 3.8) is 0 Å². The molecule has 17 heteroatoms. The third kappa shape index (κ3) is 8.54. The highest BCUT2D eigenvalue weighted by atomic mass is 16.5. The van der Waals surface area contributed by atoms with E-state index in [4.69, 9.17) is 19.4 Å². The second-order valence-electron chi connectivity index (χ2n) is 18.6. The smallest absolute Gasteiger partial charge is 0.266 e. The molecule has 3 aromatic carbocycles. The molecule has 17 nitrogen and oxygen atoms in total. The third-order valence-corrected chi connectivity index (χ3v) is 14.0. The van der Waals surface area contributed by atoms with Crippen LogP contribution in [0.25, 0.3) is 22.0 Å². The predicted octanol–water partition coefficient (Wildman–Crippen LogP) is 3.56. The number of aryl methyl sites for hydroxylation is 2. The molecule has 68 heavy (non-hydrogen) atoms. The summed E-state index contributed by atoms with van der Waals surface area (Å²) in [5.74, 6) is -1.61. The maximum Gasteiger partial charge on any atom is 0.266 e. The number of carbonyl (C=O) groups excluding carboxylic acids is 5. The molecule has 4 aliphatic heterocycles. The van der Waals surface area contributed by atoms with E-state index in [1.54, 1.807) is 22.6 Å². The van der Waals surface area contributed by atoms with Crippen molar-refractivity contribution in [2.24, 2.45) is 13.0 Å². The van der Waals surface area contributed by atoms with E-state index < -0.39 is 35.3 Å². The summed E-state index contributed by atoms with van der Waals surface area (Å²) in [7, 11) is 1.75. The number of nitrogens with one attached hydrogen (secondary N) is 1. The minimum Gasteiger partial charge on any atom is -0.483 e. The van der Waals surface area contributed by atoms with E-state index in [9.17, 15) is 33.9 Å². The summed E-state index contributed by atoms with van der Waals surface area (Å²) in [4.78, 5) is 94.6. The Morgan fingerprint density at radius 1 is 0.838 bits per heavy atom. The Morgan fingerprint density at radius 3 is 2.31 bits per heavy atom. The maximum atomic E-state index is 13.5. The summed E-state index contributed by atoms with van der Waals surface area (Å²) in [5.41, 5.74) is 3.38. The standard InChI is InChI=1S/C51H54N8O9/c1-31-25-34(28-55(2)47(31)64)33-11-14-39-38(26-33)45(51(30-60,68-36-12-13-36)35-7-4-3-5-8-35)54-50(52-39)58-19-17-32(18-20-58)27-56-21-23-57(24-22-56)43(62)29-67-41-10-6-9-37-44(41)49(66)59(48(37)65)40-15-16-42(61)53-46(40)63/h3-11,14,25-26,28,32,36,40,60H,12-13,15-24,27,29-30H2,1-2H3,(H,53,61,63)/t40?,51-/m0/s1. The number of hydrogen-bond donors (Lipinski definition) is 2. The Balaban J connectivity index is 0.793. The van der Waals surface area contributed by atoms with Crippen molar-refractivity contribution < 1.29 is 38.6 Å². The van der Waals surface area contributed by atoms with Crippen LogP contribution in [-0.2, 0) is 31.8 Å². The molecule has 2 aromatic heterocycles. The fourth-order valence-electron chi connectivity index (χ4n) is 10.1. The molecule has 10 rings (SSSR count). The minimum absolute atomic E-state index is 0.00819. The van der Waals surface area contributed by atoms with Crippen molar-refractivity contribution in [3.05, 3.63) is 117 Å². The lowest BCUT2D eigenvalue weighted by Crippen LogP contribution is -2.54. The molecular formula is C51H54N8O9. The van der Waals surface area contributed by atoms with Gasteiger partial charge in [0.05, 0.1) is 35.0 Å². The topological polar surface area (TPSA) is 197 Å². The van der Waals surface area contributed by atoms with Gasteiger partial charge in [-0.25, -0.2) is 9.97 Å². The summed E-state index contributed by atoms with van der Waals surface area (Å²) < 4.78 is 14.3. The van der Waals surface area contributed by atoms with Gasteiger partial charge in [0, 0.05) is 76.4 Å². The van der Waals surface area contributed by atoms with E-state index >= 15 is 0 Å². The van der Waals surface area contributed by atoms with Crippen LogP contribution in [0.5, 0.6) is 5.75 Å². The van der Waals surface area contributed by atoms with Crippen LogP contribution in [0.2, 0.25) is 0 Å². The van der Waals surface area contributed by atoms with Gasteiger partial charge in [-0.3, -0.25) is 43.9 Å². The summed E-state index contributed by atoms with van der Waals surface area (Å²) in [6.07, 6.45) is 5.52. The zero-order valence-corrected chi connectivity index (χ0v) is 38.2. The van der Waals surface area contributed by atoms with Gasteiger partial charge in [-0.2, -0.15) is 0 Å². The number of piperidine rings is 2. The van der Waals surface area contributed by atoms with Gasteiger partial charge < -0.3 is 28.9 Å². The first kappa shape index (κ1) is 45.0. The van der Waals surface area contributed by atoms with Crippen molar-refractivity contribution in [1.82, 2.24) is 34.6 Å². The second-order valence-corrected chi connectivity index (χ2v) is 18.6. The Morgan fingerprint density at radius 2 is 1.60 bits per heavy atom. The zero-order valence-electron chi connectivity index (χ0n) is 38.2. The SMILES string of the molecule is Cc1cc(-c2ccc3nc(N4CCC(CN5CCN(C(=O)COc6cccc7c6C(=O)N(C6CCC(=O)NC6=O)C7=O)CC5)CC4)nc([C@@](CO)(OC4CC4)c4ccccc4)c3c2)cn(C)c1=O. The fourth-order valence-corrected chi connectivity index (χ4v) is 10.1. The molecule has 5 amide bonds. The van der Waals surface area contributed by atoms with Crippen LogP contribution in [0.1, 0.15) is 76.1 Å². The quantitative estimate of drug-likeness (QED) is 0.163. The second kappa shape index (κ2) is 18.3. The number of amides is 5. The van der Waals surface area contributed by atoms with Crippen molar-refractivity contribution in [2.45, 2.75) is 63.2 Å². The van der Waals surface area contributed by atoms with E-state index in [2.05, 4.69) is 15.1 Å². The van der Waals surface area contributed by atoms with E-state index in [-0.39, 0.29) is 60.5 Å². The molecule has 2 atom stereocenters. The van der Waals surface area contributed by atoms with Gasteiger partial charge >= 0.3 is 0 Å². The van der Waals surface area contributed by atoms with Gasteiger partial charge in [0.1, 0.15) is 11.8 Å². The van der Waals surface area contributed by atoms with Gasteiger partial charge in [-0.05, 0) is 92.0 Å². The van der Waals surface area contributed by atoms with Gasteiger partial charge in [-0.1, -0.05) is 42.5 Å². The number of rotatable bonds is 13. The number of anilines is 1. The number of aromatic nitrogens is 3. The molecule has 352 valence electrons. The number of ether oxygens (including phenoxy) is 2. The van der Waals surface area contributed by atoms with E-state index in [0.717, 1.165) is 77.8 Å². The summed E-state index contributed by atoms with van der Waals surface area (Å²) in [6.45, 7) is 5.97. The van der Waals surface area contributed by atoms with Gasteiger partial charge in [-0.15, -0.1) is 0 Å². The number of piperazine rings is 1. The zero-order chi connectivity index (χ0) is 47.3. The Kier molecular flexibility index (Phi) is 12.1. The number of hydrogen-bond acceptors (Lipinski definition) is 13. The van der Waals surface area contributed by atoms with E-state index in [1.165, 1.54) is 12.1 Å². The van der Waals surface area contributed by atoms with Crippen LogP contribution in [0.15, 0.2) is 83.8 Å². The number of benzene rings is 3. The molecule has 0 radical (unpaired) electrons. The van der Waals surface area contributed by atoms with Crippen molar-refractivity contribution in [3.8, 4) is 16.9 Å². The lowest BCUT2D eigenvalue weighted by atomic mass is 9.87. The molecule has 2 N–H and O–H groups in total. The normalized spacial score (nSPS) is 20.2. The lowest BCUT2D eigenvalue weighted by molar-refractivity contribution is -0.136. The van der Waals surface area contributed by atoms with Crippen LogP contribution >= 0.6 is 0 Å². The molecule has 1 aliphatic carbocycles. The molecular weight excluding hydrogens is 869 g/mol. The highest BCUT2D eigenvalue weighted by Crippen LogP contribution is 2.43. The number of aliphatic hydroxyl groups is 1. The van der Waals surface area contributed by atoms with Crippen LogP contribution in [0, 0.1) is 12.8 Å². The fraction of sp³-hybridized carbons (Fsp3) is 0.412. The monoisotopic (exact) mass is 922 g/mol. The van der Waals surface area contributed by atoms with Crippen LogP contribution in [0.3, 0.4) is 0 Å². The summed E-state index contributed by atoms with van der Waals surface area (Å²) in [5, 5.41) is 14.4. The van der Waals surface area contributed by atoms with Gasteiger partial charge in [0.2, 0.25) is 17.8 Å². The highest BCUT2D eigenvalue weighted by molar-refractivity contribution is 6.24.